The second-order valence-corrected chi connectivity index (χ2v) is 5.63. The van der Waals surface area contributed by atoms with Crippen LogP contribution in [0.1, 0.15) is 24.0 Å². The van der Waals surface area contributed by atoms with Gasteiger partial charge in [0.05, 0.1) is 5.69 Å². The summed E-state index contributed by atoms with van der Waals surface area (Å²) in [5.74, 6) is 0. The van der Waals surface area contributed by atoms with Crippen LogP contribution < -0.4 is 15.8 Å². The number of nitrogens with one attached hydrogen (secondary N) is 2. The van der Waals surface area contributed by atoms with Crippen molar-refractivity contribution in [2.45, 2.75) is 24.9 Å². The first-order valence-electron chi connectivity index (χ1n) is 7.32. The van der Waals surface area contributed by atoms with Crippen LogP contribution in [0.5, 0.6) is 0 Å². The van der Waals surface area contributed by atoms with Crippen LogP contribution in [0.2, 0.25) is 0 Å². The minimum atomic E-state index is -0.470. The van der Waals surface area contributed by atoms with E-state index in [1.54, 1.807) is 5.01 Å². The van der Waals surface area contributed by atoms with Crippen LogP contribution in [0.15, 0.2) is 54.6 Å². The second kappa shape index (κ2) is 4.60. The highest BCUT2D eigenvalue weighted by atomic mass is 16.2. The van der Waals surface area contributed by atoms with Gasteiger partial charge in [-0.25, -0.2) is 9.80 Å². The first kappa shape index (κ1) is 12.4. The third-order valence-electron chi connectivity index (χ3n) is 4.32. The Morgan fingerprint density at radius 1 is 1.00 bits per heavy atom. The zero-order valence-electron chi connectivity index (χ0n) is 11.7. The summed E-state index contributed by atoms with van der Waals surface area (Å²) in [6, 6.07) is 17.9. The summed E-state index contributed by atoms with van der Waals surface area (Å²) >= 11 is 0. The molecular weight excluding hydrogens is 262 g/mol. The van der Waals surface area contributed by atoms with Gasteiger partial charge in [0.15, 0.2) is 0 Å². The Morgan fingerprint density at radius 3 is 2.62 bits per heavy atom. The van der Waals surface area contributed by atoms with E-state index in [0.717, 1.165) is 24.9 Å². The molecule has 0 aromatic heterocycles. The van der Waals surface area contributed by atoms with Gasteiger partial charge in [0, 0.05) is 0 Å². The fraction of sp³-hybridized carbons (Fsp3) is 0.235. The largest absolute Gasteiger partial charge is 0.338 e. The molecule has 1 unspecified atom stereocenters. The van der Waals surface area contributed by atoms with Gasteiger partial charge in [-0.3, -0.25) is 0 Å². The lowest BCUT2D eigenvalue weighted by molar-refractivity contribution is 0.241. The molecule has 2 aromatic carbocycles. The van der Waals surface area contributed by atoms with Crippen molar-refractivity contribution < 1.29 is 4.79 Å². The highest BCUT2D eigenvalue weighted by molar-refractivity contribution is 5.94. The van der Waals surface area contributed by atoms with E-state index in [1.165, 1.54) is 11.1 Å². The van der Waals surface area contributed by atoms with Gasteiger partial charge in [0.1, 0.15) is 5.66 Å². The standard InChI is InChI=1S/C17H17N3O/c21-16-18-17(19-20(16)14-9-2-1-3-10-14)12-6-8-13-7-4-5-11-15(13)17/h1-5,7,9-11,19H,6,8,12H2,(H,18,21). The van der Waals surface area contributed by atoms with Crippen molar-refractivity contribution in [3.63, 3.8) is 0 Å². The van der Waals surface area contributed by atoms with E-state index in [1.807, 2.05) is 36.4 Å². The molecule has 21 heavy (non-hydrogen) atoms. The molecule has 1 aliphatic carbocycles. The van der Waals surface area contributed by atoms with Gasteiger partial charge in [-0.05, 0) is 42.5 Å². The number of urea groups is 1. The molecule has 0 bridgehead atoms. The molecule has 4 rings (SSSR count). The molecule has 1 saturated heterocycles. The molecular formula is C17H17N3O. The average molecular weight is 279 g/mol. The highest BCUT2D eigenvalue weighted by Gasteiger charge is 2.46. The maximum atomic E-state index is 12.4. The number of carbonyl (C=O) groups excluding carboxylic acids is 1. The summed E-state index contributed by atoms with van der Waals surface area (Å²) in [7, 11) is 0. The lowest BCUT2D eigenvalue weighted by atomic mass is 9.83. The average Bonchev–Trinajstić information content (AvgIpc) is 2.86. The summed E-state index contributed by atoms with van der Waals surface area (Å²) in [4.78, 5) is 12.4. The van der Waals surface area contributed by atoms with Crippen LogP contribution in [0, 0.1) is 0 Å². The number of amides is 2. The number of aryl methyl sites for hydroxylation is 1. The zero-order valence-corrected chi connectivity index (χ0v) is 11.7. The van der Waals surface area contributed by atoms with Crippen molar-refractivity contribution in [2.75, 3.05) is 5.01 Å². The number of anilines is 1. The van der Waals surface area contributed by atoms with Gasteiger partial charge in [-0.1, -0.05) is 42.5 Å². The van der Waals surface area contributed by atoms with Crippen LogP contribution in [-0.2, 0) is 12.1 Å². The molecule has 1 atom stereocenters. The smallest absolute Gasteiger partial charge is 0.313 e. The van der Waals surface area contributed by atoms with Crippen molar-refractivity contribution in [1.29, 1.82) is 0 Å². The first-order chi connectivity index (χ1) is 10.3. The molecule has 2 aliphatic rings. The lowest BCUT2D eigenvalue weighted by Gasteiger charge is -2.35. The number of nitrogens with zero attached hydrogens (tertiary/aromatic N) is 1. The summed E-state index contributed by atoms with van der Waals surface area (Å²) in [6.07, 6.45) is 3.03. The Morgan fingerprint density at radius 2 is 1.76 bits per heavy atom. The van der Waals surface area contributed by atoms with E-state index in [-0.39, 0.29) is 6.03 Å². The Hall–Kier alpha value is -2.33. The van der Waals surface area contributed by atoms with Crippen LogP contribution in [0.3, 0.4) is 0 Å². The molecule has 0 radical (unpaired) electrons. The Kier molecular flexibility index (Phi) is 2.72. The predicted octanol–water partition coefficient (Wildman–Crippen LogP) is 2.91. The highest BCUT2D eigenvalue weighted by Crippen LogP contribution is 2.36. The fourth-order valence-corrected chi connectivity index (χ4v) is 3.35. The van der Waals surface area contributed by atoms with Crippen LogP contribution in [0.4, 0.5) is 10.5 Å². The zero-order chi connectivity index (χ0) is 14.3. The molecule has 1 fully saturated rings. The van der Waals surface area contributed by atoms with E-state index in [0.29, 0.717) is 0 Å². The first-order valence-corrected chi connectivity index (χ1v) is 7.32. The van der Waals surface area contributed by atoms with Crippen LogP contribution >= 0.6 is 0 Å². The number of hydrogen-bond acceptors (Lipinski definition) is 2. The molecule has 4 nitrogen and oxygen atoms in total. The maximum Gasteiger partial charge on any atom is 0.338 e. The van der Waals surface area contributed by atoms with E-state index < -0.39 is 5.66 Å². The van der Waals surface area contributed by atoms with Gasteiger partial charge in [-0.15, -0.1) is 0 Å². The number of para-hydroxylation sites is 1. The van der Waals surface area contributed by atoms with Gasteiger partial charge in [0.25, 0.3) is 0 Å². The van der Waals surface area contributed by atoms with Crippen LogP contribution in [-0.4, -0.2) is 6.03 Å². The predicted molar refractivity (Wildman–Crippen MR) is 81.6 cm³/mol. The molecule has 1 spiro atoms. The number of hydrogen-bond donors (Lipinski definition) is 2. The SMILES string of the molecule is O=C1NC2(CCCc3ccccc32)NN1c1ccccc1. The molecule has 1 heterocycles. The number of hydrazine groups is 1. The van der Waals surface area contributed by atoms with Gasteiger partial charge < -0.3 is 5.32 Å². The van der Waals surface area contributed by atoms with Crippen molar-refractivity contribution in [3.05, 3.63) is 65.7 Å². The maximum absolute atomic E-state index is 12.4. The molecule has 2 amide bonds. The second-order valence-electron chi connectivity index (χ2n) is 5.63. The molecule has 0 saturated carbocycles. The van der Waals surface area contributed by atoms with E-state index in [2.05, 4.69) is 28.9 Å². The van der Waals surface area contributed by atoms with Gasteiger partial charge in [0.2, 0.25) is 0 Å². The Labute approximate surface area is 123 Å². The number of rotatable bonds is 1. The topological polar surface area (TPSA) is 44.4 Å². The molecule has 4 heteroatoms. The molecule has 1 aliphatic heterocycles. The van der Waals surface area contributed by atoms with E-state index >= 15 is 0 Å². The normalized spacial score (nSPS) is 24.0. The van der Waals surface area contributed by atoms with Crippen molar-refractivity contribution >= 4 is 11.7 Å². The summed E-state index contributed by atoms with van der Waals surface area (Å²) in [6.45, 7) is 0. The van der Waals surface area contributed by atoms with E-state index in [4.69, 9.17) is 0 Å². The van der Waals surface area contributed by atoms with E-state index in [9.17, 15) is 4.79 Å². The van der Waals surface area contributed by atoms with Gasteiger partial charge in [-0.2, -0.15) is 5.43 Å². The number of fused-ring (bicyclic) bond motifs is 2. The third-order valence-corrected chi connectivity index (χ3v) is 4.32. The quantitative estimate of drug-likeness (QED) is 0.843. The van der Waals surface area contributed by atoms with Crippen molar-refractivity contribution in [3.8, 4) is 0 Å². The molecule has 2 aromatic rings. The van der Waals surface area contributed by atoms with Crippen molar-refractivity contribution in [1.82, 2.24) is 10.7 Å². The monoisotopic (exact) mass is 279 g/mol. The summed E-state index contributed by atoms with van der Waals surface area (Å²) in [5, 5.41) is 4.76. The fourth-order valence-electron chi connectivity index (χ4n) is 3.35. The number of carbonyl (C=O) groups is 1. The minimum Gasteiger partial charge on any atom is -0.313 e. The van der Waals surface area contributed by atoms with Crippen LogP contribution in [0.25, 0.3) is 0 Å². The summed E-state index contributed by atoms with van der Waals surface area (Å²) < 4.78 is 0. The minimum absolute atomic E-state index is 0.0992. The number of benzene rings is 2. The Balaban J connectivity index is 1.74. The summed E-state index contributed by atoms with van der Waals surface area (Å²) in [5.41, 5.74) is 6.28. The molecule has 2 N–H and O–H groups in total. The van der Waals surface area contributed by atoms with Crippen molar-refractivity contribution in [2.24, 2.45) is 0 Å². The van der Waals surface area contributed by atoms with Gasteiger partial charge >= 0.3 is 6.03 Å². The molecule has 106 valence electrons. The third kappa shape index (κ3) is 1.91. The Bertz CT molecular complexity index is 685. The lowest BCUT2D eigenvalue weighted by Crippen LogP contribution is -2.50.